The summed E-state index contributed by atoms with van der Waals surface area (Å²) in [6, 6.07) is 10.9. The molecule has 0 spiro atoms. The second-order valence-corrected chi connectivity index (χ2v) is 6.02. The fourth-order valence-corrected chi connectivity index (χ4v) is 2.52. The van der Waals surface area contributed by atoms with Gasteiger partial charge in [-0.2, -0.15) is 5.10 Å². The topological polar surface area (TPSA) is 69.2 Å². The zero-order valence-corrected chi connectivity index (χ0v) is 15.8. The van der Waals surface area contributed by atoms with E-state index in [9.17, 15) is 4.79 Å². The molecule has 0 saturated heterocycles. The Hall–Kier alpha value is -2.54. The Morgan fingerprint density at radius 1 is 1.16 bits per heavy atom. The zero-order chi connectivity index (χ0) is 18.2. The van der Waals surface area contributed by atoms with E-state index < -0.39 is 0 Å². The van der Waals surface area contributed by atoms with E-state index in [0.717, 1.165) is 10.0 Å². The first kappa shape index (κ1) is 18.8. The van der Waals surface area contributed by atoms with Gasteiger partial charge in [-0.05, 0) is 42.8 Å². The minimum Gasteiger partial charge on any atom is -0.497 e. The van der Waals surface area contributed by atoms with Crippen LogP contribution in [-0.2, 0) is 4.79 Å². The standard InChI is InChI=1S/C18H19BrN2O4/c1-12-8-14(19)5-7-16(12)25-11-18(22)21-20-10-13-4-6-15(23-2)9-17(13)24-3/h4-10H,11H2,1-3H3,(H,21,22)/b20-10+. The number of rotatable bonds is 7. The van der Waals surface area contributed by atoms with Gasteiger partial charge >= 0.3 is 0 Å². The number of nitrogens with one attached hydrogen (secondary N) is 1. The Balaban J connectivity index is 1.90. The molecule has 7 heteroatoms. The molecular weight excluding hydrogens is 388 g/mol. The van der Waals surface area contributed by atoms with Crippen LogP contribution < -0.4 is 19.6 Å². The van der Waals surface area contributed by atoms with Crippen molar-refractivity contribution in [2.75, 3.05) is 20.8 Å². The van der Waals surface area contributed by atoms with Crippen molar-refractivity contribution in [3.8, 4) is 17.2 Å². The second kappa shape index (κ2) is 9.08. The normalized spacial score (nSPS) is 10.6. The van der Waals surface area contributed by atoms with Gasteiger partial charge in [-0.25, -0.2) is 5.43 Å². The van der Waals surface area contributed by atoms with Gasteiger partial charge in [0.2, 0.25) is 0 Å². The molecule has 2 aromatic rings. The van der Waals surface area contributed by atoms with Gasteiger partial charge in [0.15, 0.2) is 6.61 Å². The number of methoxy groups -OCH3 is 2. The summed E-state index contributed by atoms with van der Waals surface area (Å²) in [6.45, 7) is 1.78. The molecule has 0 radical (unpaired) electrons. The summed E-state index contributed by atoms with van der Waals surface area (Å²) in [5.41, 5.74) is 4.08. The first-order chi connectivity index (χ1) is 12.0. The molecule has 0 aromatic heterocycles. The van der Waals surface area contributed by atoms with Crippen LogP contribution >= 0.6 is 15.9 Å². The fourth-order valence-electron chi connectivity index (χ4n) is 2.05. The summed E-state index contributed by atoms with van der Waals surface area (Å²) in [6.07, 6.45) is 1.50. The maximum Gasteiger partial charge on any atom is 0.277 e. The molecule has 2 rings (SSSR count). The first-order valence-corrected chi connectivity index (χ1v) is 8.25. The van der Waals surface area contributed by atoms with E-state index in [4.69, 9.17) is 14.2 Å². The maximum absolute atomic E-state index is 11.8. The summed E-state index contributed by atoms with van der Waals surface area (Å²) in [5.74, 6) is 1.57. The van der Waals surface area contributed by atoms with Crippen molar-refractivity contribution in [2.24, 2.45) is 5.10 Å². The van der Waals surface area contributed by atoms with Crippen LogP contribution in [0.15, 0.2) is 46.0 Å². The van der Waals surface area contributed by atoms with Gasteiger partial charge in [-0.3, -0.25) is 4.79 Å². The van der Waals surface area contributed by atoms with Crippen molar-refractivity contribution >= 4 is 28.1 Å². The molecule has 0 saturated carbocycles. The number of ether oxygens (including phenoxy) is 3. The molecule has 1 N–H and O–H groups in total. The molecule has 0 aliphatic rings. The number of halogens is 1. The van der Waals surface area contributed by atoms with Crippen LogP contribution in [0.2, 0.25) is 0 Å². The van der Waals surface area contributed by atoms with Gasteiger partial charge in [-0.1, -0.05) is 15.9 Å². The van der Waals surface area contributed by atoms with Crippen LogP contribution in [0.25, 0.3) is 0 Å². The van der Waals surface area contributed by atoms with Crippen LogP contribution in [0.4, 0.5) is 0 Å². The molecule has 6 nitrogen and oxygen atoms in total. The summed E-state index contributed by atoms with van der Waals surface area (Å²) in [5, 5.41) is 3.92. The summed E-state index contributed by atoms with van der Waals surface area (Å²) < 4.78 is 16.8. The monoisotopic (exact) mass is 406 g/mol. The molecule has 132 valence electrons. The number of amides is 1. The van der Waals surface area contributed by atoms with Gasteiger partial charge in [0.25, 0.3) is 5.91 Å². The Bertz CT molecular complexity index is 778. The summed E-state index contributed by atoms with van der Waals surface area (Å²) >= 11 is 3.38. The lowest BCUT2D eigenvalue weighted by molar-refractivity contribution is -0.123. The van der Waals surface area contributed by atoms with Gasteiger partial charge in [0, 0.05) is 16.1 Å². The van der Waals surface area contributed by atoms with Crippen LogP contribution in [-0.4, -0.2) is 32.9 Å². The van der Waals surface area contributed by atoms with Gasteiger partial charge in [-0.15, -0.1) is 0 Å². The van der Waals surface area contributed by atoms with E-state index >= 15 is 0 Å². The minimum atomic E-state index is -0.356. The average molecular weight is 407 g/mol. The molecule has 2 aromatic carbocycles. The highest BCUT2D eigenvalue weighted by Gasteiger charge is 2.05. The molecule has 25 heavy (non-hydrogen) atoms. The van der Waals surface area contributed by atoms with Crippen molar-refractivity contribution in [3.63, 3.8) is 0 Å². The third-order valence-electron chi connectivity index (χ3n) is 3.33. The predicted molar refractivity (Wildman–Crippen MR) is 99.7 cm³/mol. The van der Waals surface area contributed by atoms with Crippen molar-refractivity contribution in [1.29, 1.82) is 0 Å². The Kier molecular flexibility index (Phi) is 6.82. The SMILES string of the molecule is COc1ccc(/C=N/NC(=O)COc2ccc(Br)cc2C)c(OC)c1. The molecular formula is C18H19BrN2O4. The number of hydrogen-bond donors (Lipinski definition) is 1. The fraction of sp³-hybridized carbons (Fsp3) is 0.222. The Morgan fingerprint density at radius 2 is 1.96 bits per heavy atom. The number of nitrogens with zero attached hydrogens (tertiary/aromatic N) is 1. The highest BCUT2D eigenvalue weighted by atomic mass is 79.9. The Morgan fingerprint density at radius 3 is 2.64 bits per heavy atom. The number of carbonyl (C=O) groups is 1. The predicted octanol–water partition coefficient (Wildman–Crippen LogP) is 3.30. The van der Waals surface area contributed by atoms with Crippen molar-refractivity contribution in [1.82, 2.24) is 5.43 Å². The number of carbonyl (C=O) groups excluding carboxylic acids is 1. The zero-order valence-electron chi connectivity index (χ0n) is 14.2. The minimum absolute atomic E-state index is 0.125. The molecule has 0 aliphatic heterocycles. The van der Waals surface area contributed by atoms with E-state index in [1.165, 1.54) is 6.21 Å². The van der Waals surface area contributed by atoms with E-state index in [2.05, 4.69) is 26.5 Å². The largest absolute Gasteiger partial charge is 0.497 e. The number of hydrogen-bond acceptors (Lipinski definition) is 5. The molecule has 0 fully saturated rings. The van der Waals surface area contributed by atoms with Crippen molar-refractivity contribution < 1.29 is 19.0 Å². The number of benzene rings is 2. The lowest BCUT2D eigenvalue weighted by Crippen LogP contribution is -2.24. The second-order valence-electron chi connectivity index (χ2n) is 5.10. The van der Waals surface area contributed by atoms with E-state index in [-0.39, 0.29) is 12.5 Å². The van der Waals surface area contributed by atoms with Crippen LogP contribution in [0.1, 0.15) is 11.1 Å². The lowest BCUT2D eigenvalue weighted by atomic mass is 10.2. The molecule has 0 aliphatic carbocycles. The Labute approximate surface area is 154 Å². The van der Waals surface area contributed by atoms with Crippen LogP contribution in [0.3, 0.4) is 0 Å². The lowest BCUT2D eigenvalue weighted by Gasteiger charge is -2.08. The third-order valence-corrected chi connectivity index (χ3v) is 3.82. The van der Waals surface area contributed by atoms with Crippen molar-refractivity contribution in [2.45, 2.75) is 6.92 Å². The summed E-state index contributed by atoms with van der Waals surface area (Å²) in [4.78, 5) is 11.8. The van der Waals surface area contributed by atoms with E-state index in [0.29, 0.717) is 22.8 Å². The quantitative estimate of drug-likeness (QED) is 0.565. The first-order valence-electron chi connectivity index (χ1n) is 7.46. The van der Waals surface area contributed by atoms with E-state index in [1.54, 1.807) is 38.5 Å². The van der Waals surface area contributed by atoms with Gasteiger partial charge in [0.1, 0.15) is 17.2 Å². The van der Waals surface area contributed by atoms with Gasteiger partial charge < -0.3 is 14.2 Å². The molecule has 0 atom stereocenters. The van der Waals surface area contributed by atoms with Crippen LogP contribution in [0.5, 0.6) is 17.2 Å². The molecule has 0 unspecified atom stereocenters. The molecule has 0 bridgehead atoms. The van der Waals surface area contributed by atoms with E-state index in [1.807, 2.05) is 19.1 Å². The summed E-state index contributed by atoms with van der Waals surface area (Å²) in [7, 11) is 3.13. The molecule has 0 heterocycles. The van der Waals surface area contributed by atoms with Crippen LogP contribution in [0, 0.1) is 6.92 Å². The highest BCUT2D eigenvalue weighted by molar-refractivity contribution is 9.10. The molecule has 1 amide bonds. The number of aryl methyl sites for hydroxylation is 1. The maximum atomic E-state index is 11.8. The highest BCUT2D eigenvalue weighted by Crippen LogP contribution is 2.23. The average Bonchev–Trinajstić information content (AvgIpc) is 2.61. The third kappa shape index (κ3) is 5.49. The van der Waals surface area contributed by atoms with Gasteiger partial charge in [0.05, 0.1) is 20.4 Å². The van der Waals surface area contributed by atoms with Crippen molar-refractivity contribution in [3.05, 3.63) is 52.0 Å². The smallest absolute Gasteiger partial charge is 0.277 e. The number of hydrazone groups is 1.